The van der Waals surface area contributed by atoms with E-state index in [1.165, 1.54) is 0 Å². The van der Waals surface area contributed by atoms with Gasteiger partial charge in [0.1, 0.15) is 5.69 Å². The number of rotatable bonds is 1. The molecule has 0 radical (unpaired) electrons. The lowest BCUT2D eigenvalue weighted by Gasteiger charge is -2.15. The maximum Gasteiger partial charge on any atom is 0.453 e. The third-order valence-corrected chi connectivity index (χ3v) is 4.80. The second-order valence-corrected chi connectivity index (χ2v) is 7.76. The summed E-state index contributed by atoms with van der Waals surface area (Å²) in [6, 6.07) is 0. The first-order valence-corrected chi connectivity index (χ1v) is 8.14. The Balaban J connectivity index is 2.19. The summed E-state index contributed by atoms with van der Waals surface area (Å²) in [5.74, 6) is -1.13. The zero-order valence-electron chi connectivity index (χ0n) is 12.6. The van der Waals surface area contributed by atoms with Gasteiger partial charge >= 0.3 is 6.18 Å². The molecule has 0 fully saturated rings. The summed E-state index contributed by atoms with van der Waals surface area (Å²) in [6.45, 7) is 6.01. The van der Waals surface area contributed by atoms with E-state index in [4.69, 9.17) is 0 Å². The maximum atomic E-state index is 12.9. The quantitative estimate of drug-likeness (QED) is 0.616. The second-order valence-electron chi connectivity index (χ2n) is 6.01. The third-order valence-electron chi connectivity index (χ3n) is 3.15. The molecule has 0 unspecified atom stereocenters. The number of fused-ring (bicyclic) bond motifs is 1. The van der Waals surface area contributed by atoms with Gasteiger partial charge in [-0.15, -0.1) is 10.2 Å². The number of nitrogens with zero attached hydrogens (tertiary/aromatic N) is 6. The Hall–Kier alpha value is -1.49. The molecule has 0 aliphatic carbocycles. The van der Waals surface area contributed by atoms with Gasteiger partial charge in [0.25, 0.3) is 5.82 Å². The maximum absolute atomic E-state index is 12.9. The molecular formula is C12H12BrF3N6S. The minimum absolute atomic E-state index is 0.0812. The summed E-state index contributed by atoms with van der Waals surface area (Å²) in [7, 11) is 1.72. The van der Waals surface area contributed by atoms with Crippen LogP contribution in [0.4, 0.5) is 13.2 Å². The molecule has 0 aliphatic heterocycles. The summed E-state index contributed by atoms with van der Waals surface area (Å²) in [6.07, 6.45) is -4.61. The summed E-state index contributed by atoms with van der Waals surface area (Å²) in [5, 5.41) is 15.6. The van der Waals surface area contributed by atoms with Gasteiger partial charge in [-0.3, -0.25) is 4.68 Å². The Bertz CT molecular complexity index is 885. The number of aryl methyl sites for hydroxylation is 1. The van der Waals surface area contributed by atoms with Crippen LogP contribution in [0.1, 0.15) is 32.3 Å². The molecule has 0 amide bonds. The highest BCUT2D eigenvalue weighted by atomic mass is 79.9. The Morgan fingerprint density at radius 1 is 1.09 bits per heavy atom. The average molecular weight is 409 g/mol. The summed E-state index contributed by atoms with van der Waals surface area (Å²) < 4.78 is 41.7. The molecule has 3 aromatic rings. The fraction of sp³-hybridized carbons (Fsp3) is 0.500. The monoisotopic (exact) mass is 408 g/mol. The molecule has 124 valence electrons. The van der Waals surface area contributed by atoms with Gasteiger partial charge < -0.3 is 0 Å². The van der Waals surface area contributed by atoms with Crippen LogP contribution < -0.4 is 0 Å². The fourth-order valence-electron chi connectivity index (χ4n) is 2.10. The molecule has 23 heavy (non-hydrogen) atoms. The van der Waals surface area contributed by atoms with E-state index < -0.39 is 12.0 Å². The number of hydrogen-bond acceptors (Lipinski definition) is 5. The molecule has 0 N–H and O–H groups in total. The molecule has 0 saturated heterocycles. The minimum atomic E-state index is -4.61. The molecule has 0 saturated carbocycles. The Labute approximate surface area is 141 Å². The standard InChI is InChI=1S/C12H12BrF3N6S/c1-11(2,3)7-5(13)6(21(4)19-7)8-20-22-9(12(14,15)16)17-18-10(22)23-8/h1-4H3. The normalized spacial score (nSPS) is 13.2. The van der Waals surface area contributed by atoms with Crippen molar-refractivity contribution in [3.63, 3.8) is 0 Å². The van der Waals surface area contributed by atoms with Crippen LogP contribution in [0.3, 0.4) is 0 Å². The molecule has 0 aromatic carbocycles. The van der Waals surface area contributed by atoms with Gasteiger partial charge in [-0.25, -0.2) is 0 Å². The van der Waals surface area contributed by atoms with Gasteiger partial charge in [0.05, 0.1) is 10.2 Å². The Morgan fingerprint density at radius 3 is 2.26 bits per heavy atom. The molecule has 0 atom stereocenters. The van der Waals surface area contributed by atoms with Crippen LogP contribution in [0.2, 0.25) is 0 Å². The first-order valence-electron chi connectivity index (χ1n) is 6.53. The summed E-state index contributed by atoms with van der Waals surface area (Å²) in [4.78, 5) is 0.0812. The lowest BCUT2D eigenvalue weighted by molar-refractivity contribution is -0.146. The number of hydrogen-bond donors (Lipinski definition) is 0. The van der Waals surface area contributed by atoms with Crippen molar-refractivity contribution < 1.29 is 13.2 Å². The van der Waals surface area contributed by atoms with Gasteiger partial charge in [0, 0.05) is 12.5 Å². The van der Waals surface area contributed by atoms with Crippen LogP contribution in [-0.4, -0.2) is 29.6 Å². The van der Waals surface area contributed by atoms with E-state index in [0.29, 0.717) is 15.2 Å². The molecule has 0 aliphatic rings. The van der Waals surface area contributed by atoms with Crippen LogP contribution in [0.5, 0.6) is 0 Å². The topological polar surface area (TPSA) is 60.9 Å². The van der Waals surface area contributed by atoms with Crippen molar-refractivity contribution in [2.24, 2.45) is 7.05 Å². The van der Waals surface area contributed by atoms with Gasteiger partial charge in [0.2, 0.25) is 4.96 Å². The van der Waals surface area contributed by atoms with Crippen LogP contribution in [0.25, 0.3) is 15.7 Å². The molecule has 11 heteroatoms. The van der Waals surface area contributed by atoms with Crippen molar-refractivity contribution in [1.29, 1.82) is 0 Å². The SMILES string of the molecule is Cn1nc(C(C)(C)C)c(Br)c1-c1nn2c(C(F)(F)F)nnc2s1. The Morgan fingerprint density at radius 2 is 1.74 bits per heavy atom. The van der Waals surface area contributed by atoms with E-state index in [-0.39, 0.29) is 10.4 Å². The molecule has 3 aromatic heterocycles. The van der Waals surface area contributed by atoms with Gasteiger partial charge in [-0.1, -0.05) is 32.1 Å². The van der Waals surface area contributed by atoms with Crippen molar-refractivity contribution in [1.82, 2.24) is 29.6 Å². The Kier molecular flexibility index (Phi) is 3.56. The minimum Gasteiger partial charge on any atom is -0.264 e. The lowest BCUT2D eigenvalue weighted by atomic mass is 9.92. The molecular weight excluding hydrogens is 397 g/mol. The van der Waals surface area contributed by atoms with Crippen molar-refractivity contribution >= 4 is 32.2 Å². The first-order chi connectivity index (χ1) is 10.5. The van der Waals surface area contributed by atoms with Crippen molar-refractivity contribution in [2.75, 3.05) is 0 Å². The molecule has 3 rings (SSSR count). The number of aromatic nitrogens is 6. The summed E-state index contributed by atoms with van der Waals surface area (Å²) >= 11 is 4.52. The molecule has 0 spiro atoms. The van der Waals surface area contributed by atoms with E-state index in [2.05, 4.69) is 36.3 Å². The van der Waals surface area contributed by atoms with Gasteiger partial charge in [0.15, 0.2) is 5.01 Å². The first kappa shape index (κ1) is 16.4. The van der Waals surface area contributed by atoms with E-state index in [0.717, 1.165) is 21.5 Å². The van der Waals surface area contributed by atoms with Crippen molar-refractivity contribution in [3.8, 4) is 10.7 Å². The predicted molar refractivity (Wildman–Crippen MR) is 82.3 cm³/mol. The van der Waals surface area contributed by atoms with Crippen LogP contribution in [0.15, 0.2) is 4.47 Å². The fourth-order valence-corrected chi connectivity index (χ4v) is 4.27. The van der Waals surface area contributed by atoms with E-state index in [1.807, 2.05) is 20.8 Å². The van der Waals surface area contributed by atoms with E-state index >= 15 is 0 Å². The predicted octanol–water partition coefficient (Wildman–Crippen LogP) is 3.67. The van der Waals surface area contributed by atoms with Crippen LogP contribution in [0, 0.1) is 0 Å². The number of halogens is 4. The highest BCUT2D eigenvalue weighted by Gasteiger charge is 2.38. The second kappa shape index (κ2) is 5.00. The van der Waals surface area contributed by atoms with Crippen molar-refractivity contribution in [2.45, 2.75) is 32.4 Å². The molecule has 3 heterocycles. The zero-order chi connectivity index (χ0) is 17.2. The highest BCUT2D eigenvalue weighted by Crippen LogP contribution is 2.38. The molecule has 6 nitrogen and oxygen atoms in total. The van der Waals surface area contributed by atoms with Gasteiger partial charge in [-0.2, -0.15) is 27.9 Å². The van der Waals surface area contributed by atoms with Crippen LogP contribution in [-0.2, 0) is 18.6 Å². The van der Waals surface area contributed by atoms with Gasteiger partial charge in [-0.05, 0) is 15.9 Å². The van der Waals surface area contributed by atoms with E-state index in [1.54, 1.807) is 11.7 Å². The van der Waals surface area contributed by atoms with E-state index in [9.17, 15) is 13.2 Å². The summed E-state index contributed by atoms with van der Waals surface area (Å²) in [5.41, 5.74) is 1.20. The van der Waals surface area contributed by atoms with Crippen molar-refractivity contribution in [3.05, 3.63) is 16.0 Å². The number of alkyl halides is 3. The lowest BCUT2D eigenvalue weighted by Crippen LogP contribution is -2.13. The highest BCUT2D eigenvalue weighted by molar-refractivity contribution is 9.10. The molecule has 0 bridgehead atoms. The third kappa shape index (κ3) is 2.65. The zero-order valence-corrected chi connectivity index (χ0v) is 15.0. The largest absolute Gasteiger partial charge is 0.453 e. The van der Waals surface area contributed by atoms with Crippen LogP contribution >= 0.6 is 27.3 Å². The average Bonchev–Trinajstić information content (AvgIpc) is 2.98. The smallest absolute Gasteiger partial charge is 0.264 e.